The van der Waals surface area contributed by atoms with Gasteiger partial charge in [-0.1, -0.05) is 52.8 Å². The van der Waals surface area contributed by atoms with Crippen LogP contribution in [-0.2, 0) is 21.0 Å². The van der Waals surface area contributed by atoms with Crippen molar-refractivity contribution in [2.24, 2.45) is 11.8 Å². The van der Waals surface area contributed by atoms with Gasteiger partial charge in [-0.05, 0) is 52.2 Å². The molecule has 0 aromatic heterocycles. The molecule has 23 heavy (non-hydrogen) atoms. The van der Waals surface area contributed by atoms with E-state index >= 15 is 0 Å². The Bertz CT molecular complexity index is 602. The van der Waals surface area contributed by atoms with Gasteiger partial charge in [0.05, 0.1) is 6.61 Å². The van der Waals surface area contributed by atoms with Gasteiger partial charge in [-0.25, -0.2) is 0 Å². The highest BCUT2D eigenvalue weighted by Gasteiger charge is 2.61. The molecule has 0 aliphatic heterocycles. The highest BCUT2D eigenvalue weighted by molar-refractivity contribution is 5.48. The number of aliphatic hydroxyl groups is 1. The molecule has 0 radical (unpaired) electrons. The molecule has 3 unspecified atom stereocenters. The molecule has 2 nitrogen and oxygen atoms in total. The number of methoxy groups -OCH3 is 1. The van der Waals surface area contributed by atoms with Gasteiger partial charge in [0.15, 0.2) is 0 Å². The number of rotatable bonds is 4. The molecular weight excluding hydrogens is 284 g/mol. The first-order valence-electron chi connectivity index (χ1n) is 8.94. The summed E-state index contributed by atoms with van der Waals surface area (Å²) in [5.41, 5.74) is 4.94. The van der Waals surface area contributed by atoms with Crippen molar-refractivity contribution in [2.45, 2.75) is 63.7 Å². The molecule has 2 aliphatic rings. The third-order valence-electron chi connectivity index (χ3n) is 6.93. The van der Waals surface area contributed by atoms with Crippen LogP contribution in [0.4, 0.5) is 0 Å². The van der Waals surface area contributed by atoms with Gasteiger partial charge >= 0.3 is 0 Å². The number of hydrogen-bond acceptors (Lipinski definition) is 2. The zero-order valence-electron chi connectivity index (χ0n) is 15.6. The van der Waals surface area contributed by atoms with Crippen LogP contribution in [0.25, 0.3) is 0 Å². The average Bonchev–Trinajstić information content (AvgIpc) is 3.09. The predicted octanol–water partition coefficient (Wildman–Crippen LogP) is 4.18. The van der Waals surface area contributed by atoms with Gasteiger partial charge in [0.2, 0.25) is 0 Å². The SMILES string of the molecule is COCC1C(CO)C1(C)c1ccc2c(c1)C(C)(C)CCC2(C)C. The van der Waals surface area contributed by atoms with Crippen LogP contribution in [0.15, 0.2) is 18.2 Å². The Morgan fingerprint density at radius 1 is 1.00 bits per heavy atom. The molecule has 0 saturated heterocycles. The number of aliphatic hydroxyl groups excluding tert-OH is 1. The minimum Gasteiger partial charge on any atom is -0.396 e. The second-order valence-electron chi connectivity index (χ2n) is 9.16. The molecule has 0 bridgehead atoms. The lowest BCUT2D eigenvalue weighted by molar-refractivity contribution is 0.169. The predicted molar refractivity (Wildman–Crippen MR) is 95.0 cm³/mol. The van der Waals surface area contributed by atoms with E-state index < -0.39 is 0 Å². The summed E-state index contributed by atoms with van der Waals surface area (Å²) >= 11 is 0. The summed E-state index contributed by atoms with van der Waals surface area (Å²) in [5, 5.41) is 9.77. The third-order valence-corrected chi connectivity index (χ3v) is 6.93. The number of fused-ring (bicyclic) bond motifs is 1. The van der Waals surface area contributed by atoms with Crippen LogP contribution in [0.1, 0.15) is 64.2 Å². The van der Waals surface area contributed by atoms with Gasteiger partial charge in [-0.2, -0.15) is 0 Å². The monoisotopic (exact) mass is 316 g/mol. The van der Waals surface area contributed by atoms with Crippen LogP contribution >= 0.6 is 0 Å². The molecule has 1 aromatic carbocycles. The molecule has 2 heteroatoms. The van der Waals surface area contributed by atoms with E-state index in [0.717, 1.165) is 6.61 Å². The zero-order chi connectivity index (χ0) is 17.0. The summed E-state index contributed by atoms with van der Waals surface area (Å²) < 4.78 is 5.39. The van der Waals surface area contributed by atoms with Crippen LogP contribution < -0.4 is 0 Å². The number of benzene rings is 1. The van der Waals surface area contributed by atoms with E-state index in [0.29, 0.717) is 11.8 Å². The fourth-order valence-electron chi connectivity index (χ4n) is 4.84. The molecule has 1 saturated carbocycles. The molecule has 1 aromatic rings. The van der Waals surface area contributed by atoms with Crippen molar-refractivity contribution in [3.8, 4) is 0 Å². The summed E-state index contributed by atoms with van der Waals surface area (Å²) in [5.74, 6) is 0.746. The quantitative estimate of drug-likeness (QED) is 0.903. The summed E-state index contributed by atoms with van der Waals surface area (Å²) in [6.07, 6.45) is 2.48. The first-order valence-corrected chi connectivity index (χ1v) is 8.94. The summed E-state index contributed by atoms with van der Waals surface area (Å²) in [4.78, 5) is 0. The second-order valence-corrected chi connectivity index (χ2v) is 9.16. The molecule has 1 N–H and O–H groups in total. The van der Waals surface area contributed by atoms with E-state index in [-0.39, 0.29) is 22.9 Å². The van der Waals surface area contributed by atoms with E-state index in [1.165, 1.54) is 29.5 Å². The van der Waals surface area contributed by atoms with Gasteiger partial charge in [0.25, 0.3) is 0 Å². The van der Waals surface area contributed by atoms with Crippen molar-refractivity contribution in [1.29, 1.82) is 0 Å². The van der Waals surface area contributed by atoms with Crippen LogP contribution in [0.2, 0.25) is 0 Å². The highest BCUT2D eigenvalue weighted by atomic mass is 16.5. The standard InChI is InChI=1S/C21H32O2/c1-19(2)9-10-20(3,4)16-11-14(7-8-15(16)19)21(5)17(12-22)18(21)13-23-6/h7-8,11,17-18,22H,9-10,12-13H2,1-6H3. The summed E-state index contributed by atoms with van der Waals surface area (Å²) in [7, 11) is 1.76. The topological polar surface area (TPSA) is 29.5 Å². The van der Waals surface area contributed by atoms with E-state index in [1.54, 1.807) is 7.11 Å². The lowest BCUT2D eigenvalue weighted by atomic mass is 9.62. The fourth-order valence-corrected chi connectivity index (χ4v) is 4.84. The van der Waals surface area contributed by atoms with Crippen molar-refractivity contribution in [3.63, 3.8) is 0 Å². The van der Waals surface area contributed by atoms with Crippen molar-refractivity contribution in [1.82, 2.24) is 0 Å². The first-order chi connectivity index (χ1) is 10.7. The first kappa shape index (κ1) is 17.0. The van der Waals surface area contributed by atoms with Crippen LogP contribution in [0, 0.1) is 11.8 Å². The molecule has 0 heterocycles. The Morgan fingerprint density at radius 2 is 1.61 bits per heavy atom. The Morgan fingerprint density at radius 3 is 2.17 bits per heavy atom. The summed E-state index contributed by atoms with van der Waals surface area (Å²) in [6, 6.07) is 7.10. The second kappa shape index (κ2) is 5.32. The van der Waals surface area contributed by atoms with Gasteiger partial charge in [0, 0.05) is 19.1 Å². The normalized spacial score (nSPS) is 34.0. The van der Waals surface area contributed by atoms with Gasteiger partial charge in [0.1, 0.15) is 0 Å². The van der Waals surface area contributed by atoms with E-state index in [4.69, 9.17) is 4.74 Å². The van der Waals surface area contributed by atoms with Crippen molar-refractivity contribution in [3.05, 3.63) is 34.9 Å². The molecule has 3 atom stereocenters. The fraction of sp³-hybridized carbons (Fsp3) is 0.714. The van der Waals surface area contributed by atoms with E-state index in [9.17, 15) is 5.11 Å². The maximum absolute atomic E-state index is 9.77. The largest absolute Gasteiger partial charge is 0.396 e. The Kier molecular flexibility index (Phi) is 3.93. The molecule has 1 fully saturated rings. The van der Waals surface area contributed by atoms with Crippen LogP contribution in [0.5, 0.6) is 0 Å². The smallest absolute Gasteiger partial charge is 0.0502 e. The Labute approximate surface area is 141 Å². The lowest BCUT2D eigenvalue weighted by Crippen LogP contribution is -2.34. The van der Waals surface area contributed by atoms with E-state index in [1.807, 2.05) is 0 Å². The maximum Gasteiger partial charge on any atom is 0.0502 e. The highest BCUT2D eigenvalue weighted by Crippen LogP contribution is 2.60. The average molecular weight is 316 g/mol. The Hall–Kier alpha value is -0.860. The van der Waals surface area contributed by atoms with Crippen molar-refractivity contribution < 1.29 is 9.84 Å². The molecule has 2 aliphatic carbocycles. The molecule has 0 spiro atoms. The van der Waals surface area contributed by atoms with Crippen molar-refractivity contribution in [2.75, 3.05) is 20.3 Å². The summed E-state index contributed by atoms with van der Waals surface area (Å²) in [6.45, 7) is 12.7. The lowest BCUT2D eigenvalue weighted by Gasteiger charge is -2.42. The van der Waals surface area contributed by atoms with E-state index in [2.05, 4.69) is 52.8 Å². The minimum absolute atomic E-state index is 0.0530. The van der Waals surface area contributed by atoms with Crippen LogP contribution in [0.3, 0.4) is 0 Å². The Balaban J connectivity index is 2.04. The minimum atomic E-state index is 0.0530. The molecular formula is C21H32O2. The maximum atomic E-state index is 9.77. The third kappa shape index (κ3) is 2.46. The van der Waals surface area contributed by atoms with Gasteiger partial charge < -0.3 is 9.84 Å². The number of ether oxygens (including phenoxy) is 1. The molecule has 3 rings (SSSR count). The molecule has 128 valence electrons. The number of hydrogen-bond donors (Lipinski definition) is 1. The van der Waals surface area contributed by atoms with Crippen LogP contribution in [-0.4, -0.2) is 25.4 Å². The molecule has 0 amide bonds. The van der Waals surface area contributed by atoms with Gasteiger partial charge in [-0.15, -0.1) is 0 Å². The zero-order valence-corrected chi connectivity index (χ0v) is 15.6. The van der Waals surface area contributed by atoms with Crippen molar-refractivity contribution >= 4 is 0 Å². The van der Waals surface area contributed by atoms with Gasteiger partial charge in [-0.3, -0.25) is 0 Å².